The van der Waals surface area contributed by atoms with Crippen LogP contribution in [0, 0.1) is 76.9 Å². The molecule has 5 aromatic rings. The summed E-state index contributed by atoms with van der Waals surface area (Å²) in [6.45, 7) is 0. The van der Waals surface area contributed by atoms with E-state index in [0.717, 1.165) is 39.9 Å². The lowest BCUT2D eigenvalue weighted by molar-refractivity contribution is 1.27. The third-order valence-corrected chi connectivity index (χ3v) is 7.83. The predicted molar refractivity (Wildman–Crippen MR) is 174 cm³/mol. The van der Waals surface area contributed by atoms with E-state index >= 15 is 0 Å². The second kappa shape index (κ2) is 13.1. The third kappa shape index (κ3) is 5.55. The Bertz CT molecular complexity index is 2020. The van der Waals surface area contributed by atoms with Gasteiger partial charge < -0.3 is 4.90 Å². The molecule has 8 heteroatoms. The molecule has 1 aliphatic carbocycles. The van der Waals surface area contributed by atoms with Crippen LogP contribution in [-0.2, 0) is 0 Å². The van der Waals surface area contributed by atoms with Crippen molar-refractivity contribution in [3.8, 4) is 35.4 Å². The molecule has 1 heterocycles. The van der Waals surface area contributed by atoms with Crippen LogP contribution in [0.15, 0.2) is 114 Å². The molecule has 0 bridgehead atoms. The summed E-state index contributed by atoms with van der Waals surface area (Å²) in [6.07, 6.45) is 7.00. The normalized spacial score (nSPS) is 12.4. The molecule has 6 rings (SSSR count). The third-order valence-electron chi connectivity index (χ3n) is 7.30. The molecular formula is C37H20N7S. The van der Waals surface area contributed by atoms with Crippen LogP contribution in [-0.4, -0.2) is 8.75 Å². The summed E-state index contributed by atoms with van der Waals surface area (Å²) in [7, 11) is 0. The lowest BCUT2D eigenvalue weighted by atomic mass is 9.81. The number of aromatic nitrogens is 2. The van der Waals surface area contributed by atoms with E-state index in [9.17, 15) is 21.0 Å². The molecule has 4 aromatic carbocycles. The summed E-state index contributed by atoms with van der Waals surface area (Å²) in [6, 6.07) is 39.8. The van der Waals surface area contributed by atoms with Gasteiger partial charge in [0.1, 0.15) is 46.5 Å². The van der Waals surface area contributed by atoms with Crippen molar-refractivity contribution >= 4 is 45.4 Å². The molecule has 0 N–H and O–H groups in total. The average molecular weight is 595 g/mol. The van der Waals surface area contributed by atoms with E-state index in [0.29, 0.717) is 22.5 Å². The van der Waals surface area contributed by atoms with Crippen molar-refractivity contribution < 1.29 is 0 Å². The van der Waals surface area contributed by atoms with Gasteiger partial charge >= 0.3 is 0 Å². The van der Waals surface area contributed by atoms with E-state index < -0.39 is 0 Å². The molecule has 7 nitrogen and oxygen atoms in total. The second-order valence-corrected chi connectivity index (χ2v) is 10.3. The minimum Gasteiger partial charge on any atom is -0.311 e. The molecule has 1 aliphatic rings. The smallest absolute Gasteiger partial charge is 0.137 e. The average Bonchev–Trinajstić information content (AvgIpc) is 3.81. The Morgan fingerprint density at radius 1 is 0.556 bits per heavy atom. The maximum atomic E-state index is 9.97. The van der Waals surface area contributed by atoms with Crippen molar-refractivity contribution in [3.05, 3.63) is 151 Å². The van der Waals surface area contributed by atoms with Gasteiger partial charge in [-0.05, 0) is 73.2 Å². The molecule has 0 amide bonds. The number of nitrogens with zero attached hydrogens (tertiary/aromatic N) is 7. The first-order valence-corrected chi connectivity index (χ1v) is 14.5. The molecule has 209 valence electrons. The Morgan fingerprint density at radius 3 is 1.62 bits per heavy atom. The topological polar surface area (TPSA) is 124 Å². The minimum absolute atomic E-state index is 0.172. The fourth-order valence-electron chi connectivity index (χ4n) is 5.31. The number of hydrogen-bond acceptors (Lipinski definition) is 8. The second-order valence-electron chi connectivity index (χ2n) is 9.80. The first-order chi connectivity index (χ1) is 22.2. The fraction of sp³-hybridized carbons (Fsp3) is 0. The molecule has 0 unspecified atom stereocenters. The maximum absolute atomic E-state index is 9.97. The van der Waals surface area contributed by atoms with Crippen molar-refractivity contribution in [1.82, 2.24) is 8.75 Å². The van der Waals surface area contributed by atoms with Crippen LogP contribution in [0.2, 0.25) is 0 Å². The van der Waals surface area contributed by atoms with Gasteiger partial charge in [0.15, 0.2) is 0 Å². The summed E-state index contributed by atoms with van der Waals surface area (Å²) in [5, 5.41) is 39.6. The largest absolute Gasteiger partial charge is 0.311 e. The van der Waals surface area contributed by atoms with Gasteiger partial charge in [0.25, 0.3) is 0 Å². The Morgan fingerprint density at radius 2 is 1.07 bits per heavy atom. The highest BCUT2D eigenvalue weighted by Crippen LogP contribution is 2.44. The van der Waals surface area contributed by atoms with E-state index in [1.165, 1.54) is 0 Å². The first-order valence-electron chi connectivity index (χ1n) is 13.8. The number of nitriles is 4. The molecule has 1 fully saturated rings. The van der Waals surface area contributed by atoms with E-state index in [1.54, 1.807) is 31.7 Å². The quantitative estimate of drug-likeness (QED) is 0.137. The van der Waals surface area contributed by atoms with Crippen LogP contribution in [0.4, 0.5) is 17.1 Å². The Kier molecular flexibility index (Phi) is 8.43. The van der Waals surface area contributed by atoms with Crippen LogP contribution in [0.3, 0.4) is 0 Å². The van der Waals surface area contributed by atoms with E-state index in [1.807, 2.05) is 91.0 Å². The predicted octanol–water partition coefficient (Wildman–Crippen LogP) is 8.38. The van der Waals surface area contributed by atoms with Crippen molar-refractivity contribution in [2.75, 3.05) is 4.90 Å². The summed E-state index contributed by atoms with van der Waals surface area (Å²) in [4.78, 5) is 2.18. The summed E-state index contributed by atoms with van der Waals surface area (Å²) < 4.78 is 9.15. The lowest BCUT2D eigenvalue weighted by Gasteiger charge is -2.25. The van der Waals surface area contributed by atoms with Crippen LogP contribution in [0.25, 0.3) is 27.7 Å². The highest BCUT2D eigenvalue weighted by Gasteiger charge is 2.31. The van der Waals surface area contributed by atoms with Gasteiger partial charge in [0.05, 0.1) is 11.7 Å². The zero-order valence-electron chi connectivity index (χ0n) is 23.6. The summed E-state index contributed by atoms with van der Waals surface area (Å²) in [5.74, 6) is 0.545. The number of rotatable bonds is 7. The standard InChI is InChI=1S/C37H20N7S/c38-21-27(22-39)34(26-9-7-8-10-26)35(28(23-40)24-41)33-20-19-32(36-37(33)43-45-42-36)25-15-17-31(18-16-25)44(29-11-3-1-4-12-29)30-13-5-2-6-14-30/h1-20H. The van der Waals surface area contributed by atoms with Gasteiger partial charge in [-0.3, -0.25) is 0 Å². The molecule has 45 heavy (non-hydrogen) atoms. The minimum atomic E-state index is -0.234. The Hall–Kier alpha value is -6.06. The van der Waals surface area contributed by atoms with Gasteiger partial charge in [0, 0.05) is 39.7 Å². The van der Waals surface area contributed by atoms with Gasteiger partial charge in [-0.2, -0.15) is 29.8 Å². The molecule has 0 spiro atoms. The zero-order valence-corrected chi connectivity index (χ0v) is 24.4. The van der Waals surface area contributed by atoms with E-state index in [2.05, 4.69) is 37.9 Å². The van der Waals surface area contributed by atoms with Gasteiger partial charge in [-0.1, -0.05) is 60.7 Å². The highest BCUT2D eigenvalue weighted by molar-refractivity contribution is 7.00. The number of para-hydroxylation sites is 2. The molecule has 5 radical (unpaired) electrons. The molecule has 0 aliphatic heterocycles. The molecular weight excluding hydrogens is 575 g/mol. The zero-order chi connectivity index (χ0) is 31.2. The van der Waals surface area contributed by atoms with Gasteiger partial charge in [-0.15, -0.1) is 0 Å². The van der Waals surface area contributed by atoms with E-state index in [4.69, 9.17) is 0 Å². The van der Waals surface area contributed by atoms with Crippen molar-refractivity contribution in [2.24, 2.45) is 0 Å². The number of hydrogen-bond donors (Lipinski definition) is 0. The van der Waals surface area contributed by atoms with E-state index in [-0.39, 0.29) is 22.3 Å². The maximum Gasteiger partial charge on any atom is 0.137 e. The molecule has 1 saturated carbocycles. The van der Waals surface area contributed by atoms with Crippen molar-refractivity contribution in [1.29, 1.82) is 21.0 Å². The Balaban J connectivity index is 1.47. The number of fused-ring (bicyclic) bond motifs is 1. The number of benzene rings is 4. The molecule has 0 saturated heterocycles. The van der Waals surface area contributed by atoms with Gasteiger partial charge in [0.2, 0.25) is 0 Å². The van der Waals surface area contributed by atoms with Crippen LogP contribution in [0.5, 0.6) is 0 Å². The number of anilines is 3. The highest BCUT2D eigenvalue weighted by atomic mass is 32.1. The van der Waals surface area contributed by atoms with Crippen LogP contribution in [0.1, 0.15) is 5.56 Å². The molecule has 1 aromatic heterocycles. The summed E-state index contributed by atoms with van der Waals surface area (Å²) >= 11 is 1.01. The lowest BCUT2D eigenvalue weighted by Crippen LogP contribution is -2.09. The SMILES string of the molecule is N#CC(C#N)=C([C]1[CH][CH][CH][CH]1)C(=C(C#N)C#N)c1ccc(-c2ccc(N(c3ccccc3)c3ccccc3)cc2)c2nsnc12. The Labute approximate surface area is 265 Å². The molecule has 0 atom stereocenters. The van der Waals surface area contributed by atoms with Gasteiger partial charge in [-0.25, -0.2) is 0 Å². The first kappa shape index (κ1) is 29.0. The van der Waals surface area contributed by atoms with Crippen molar-refractivity contribution in [2.45, 2.75) is 0 Å². The summed E-state index contributed by atoms with van der Waals surface area (Å²) in [5.41, 5.74) is 6.16. The fourth-order valence-corrected chi connectivity index (χ4v) is 5.89. The monoisotopic (exact) mass is 594 g/mol. The van der Waals surface area contributed by atoms with Crippen LogP contribution >= 0.6 is 11.7 Å². The van der Waals surface area contributed by atoms with Crippen LogP contribution < -0.4 is 4.90 Å². The van der Waals surface area contributed by atoms with Crippen molar-refractivity contribution in [3.63, 3.8) is 0 Å². The number of allylic oxidation sites excluding steroid dienone is 4.